The fourth-order valence-corrected chi connectivity index (χ4v) is 2.93. The number of aliphatic carboxylic acids is 1. The number of carboxylic acids is 2. The van der Waals surface area contributed by atoms with Gasteiger partial charge in [-0.25, -0.2) is 9.59 Å². The molecule has 0 aliphatic carbocycles. The second-order valence-corrected chi connectivity index (χ2v) is 6.59. The molecule has 1 unspecified atom stereocenters. The zero-order valence-corrected chi connectivity index (χ0v) is 15.8. The molecule has 1 fully saturated rings. The number of aliphatic hydroxyl groups is 1. The summed E-state index contributed by atoms with van der Waals surface area (Å²) < 4.78 is 17.5. The summed E-state index contributed by atoms with van der Waals surface area (Å²) in [5, 5.41) is 27.3. The van der Waals surface area contributed by atoms with E-state index in [9.17, 15) is 24.3 Å². The molecule has 2 rings (SSSR count). The van der Waals surface area contributed by atoms with E-state index in [0.717, 1.165) is 0 Å². The largest absolute Gasteiger partial charge is 0.481 e. The number of hydrogen-bond donors (Lipinski definition) is 3. The molecule has 11 nitrogen and oxygen atoms in total. The highest BCUT2D eigenvalue weighted by Crippen LogP contribution is 2.33. The van der Waals surface area contributed by atoms with Gasteiger partial charge in [0, 0.05) is 18.9 Å². The van der Waals surface area contributed by atoms with Crippen molar-refractivity contribution in [2.45, 2.75) is 44.8 Å². The smallest absolute Gasteiger partial charge is 0.341 e. The Bertz CT molecular complexity index is 795. The topological polar surface area (TPSA) is 161 Å². The maximum atomic E-state index is 11.7. The Labute approximate surface area is 165 Å². The Morgan fingerprint density at radius 3 is 2.55 bits per heavy atom. The van der Waals surface area contributed by atoms with Gasteiger partial charge in [-0.3, -0.25) is 9.59 Å². The van der Waals surface area contributed by atoms with Crippen molar-refractivity contribution in [3.05, 3.63) is 30.1 Å². The summed E-state index contributed by atoms with van der Waals surface area (Å²) in [7, 11) is 0. The van der Waals surface area contributed by atoms with E-state index in [1.165, 1.54) is 29.8 Å². The van der Waals surface area contributed by atoms with E-state index in [4.69, 9.17) is 24.4 Å². The number of carbonyl (C=O) groups is 4. The molecule has 0 radical (unpaired) electrons. The van der Waals surface area contributed by atoms with Crippen LogP contribution in [-0.2, 0) is 28.6 Å². The van der Waals surface area contributed by atoms with Crippen molar-refractivity contribution in [2.75, 3.05) is 6.61 Å². The first-order chi connectivity index (χ1) is 13.6. The summed E-state index contributed by atoms with van der Waals surface area (Å²) in [5.74, 6) is -4.64. The standard InChI is InChI=1S/C18H21NO10/c1-9-13(8-27-18(26)12(21)6-14(22)23)29-16(15(9)28-10(2)20)19-5-3-4-11(7-19)17(24)25/h3-5,7,9,12-13,15-16,21H,6,8H2,1-2H3,(H-,22,23,24,25)/p+1/t9-,12+,13-,15?,16-/m1/s1. The predicted octanol–water partition coefficient (Wildman–Crippen LogP) is -0.484. The normalized spacial score (nSPS) is 24.5. The van der Waals surface area contributed by atoms with Crippen molar-refractivity contribution in [3.8, 4) is 0 Å². The van der Waals surface area contributed by atoms with Crippen LogP contribution in [0.4, 0.5) is 0 Å². The molecule has 1 aromatic rings. The quantitative estimate of drug-likeness (QED) is 0.375. The van der Waals surface area contributed by atoms with Crippen LogP contribution in [0.1, 0.15) is 36.9 Å². The lowest BCUT2D eigenvalue weighted by atomic mass is 10.0. The average molecular weight is 412 g/mol. The molecular weight excluding hydrogens is 390 g/mol. The Kier molecular flexibility index (Phi) is 7.23. The third kappa shape index (κ3) is 5.72. The SMILES string of the molecule is CC(=O)OC1[C@H]([n+]2cccc(C(=O)O)c2)O[C@H](COC(=O)[C@@H](O)CC(=O)O)[C@H]1C. The molecule has 11 heteroatoms. The molecule has 1 aliphatic rings. The molecule has 0 aromatic carbocycles. The van der Waals surface area contributed by atoms with Crippen LogP contribution in [0.15, 0.2) is 24.5 Å². The van der Waals surface area contributed by atoms with Gasteiger partial charge in [-0.2, -0.15) is 4.57 Å². The number of rotatable bonds is 8. The molecule has 0 saturated carbocycles. The highest BCUT2D eigenvalue weighted by Gasteiger charge is 2.50. The molecule has 3 N–H and O–H groups in total. The Hall–Kier alpha value is -3.05. The zero-order chi connectivity index (χ0) is 21.7. The lowest BCUT2D eigenvalue weighted by Crippen LogP contribution is -2.46. The third-order valence-corrected chi connectivity index (χ3v) is 4.39. The van der Waals surface area contributed by atoms with Crippen LogP contribution in [0.3, 0.4) is 0 Å². The van der Waals surface area contributed by atoms with Crippen LogP contribution in [-0.4, -0.2) is 64.1 Å². The van der Waals surface area contributed by atoms with Gasteiger partial charge in [-0.05, 0) is 6.07 Å². The molecule has 2 heterocycles. The van der Waals surface area contributed by atoms with E-state index in [0.29, 0.717) is 0 Å². The van der Waals surface area contributed by atoms with Crippen LogP contribution >= 0.6 is 0 Å². The van der Waals surface area contributed by atoms with Gasteiger partial charge in [0.05, 0.1) is 6.42 Å². The highest BCUT2D eigenvalue weighted by atomic mass is 16.6. The van der Waals surface area contributed by atoms with Gasteiger partial charge < -0.3 is 29.5 Å². The molecule has 5 atom stereocenters. The molecule has 29 heavy (non-hydrogen) atoms. The van der Waals surface area contributed by atoms with E-state index < -0.39 is 60.8 Å². The maximum Gasteiger partial charge on any atom is 0.341 e. The Balaban J connectivity index is 2.15. The number of pyridine rings is 1. The number of aliphatic hydroxyl groups excluding tert-OH is 1. The number of esters is 2. The first kappa shape index (κ1) is 22.2. The van der Waals surface area contributed by atoms with Gasteiger partial charge in [0.2, 0.25) is 0 Å². The van der Waals surface area contributed by atoms with Gasteiger partial charge >= 0.3 is 30.1 Å². The summed E-state index contributed by atoms with van der Waals surface area (Å²) in [6.45, 7) is 2.60. The van der Waals surface area contributed by atoms with Crippen molar-refractivity contribution < 1.29 is 53.3 Å². The van der Waals surface area contributed by atoms with Crippen molar-refractivity contribution in [2.24, 2.45) is 5.92 Å². The second kappa shape index (κ2) is 9.43. The minimum atomic E-state index is -1.81. The summed E-state index contributed by atoms with van der Waals surface area (Å²) in [6.07, 6.45) is -2.16. The molecule has 0 bridgehead atoms. The van der Waals surface area contributed by atoms with E-state index >= 15 is 0 Å². The fraction of sp³-hybridized carbons (Fsp3) is 0.500. The van der Waals surface area contributed by atoms with Gasteiger partial charge in [0.1, 0.15) is 18.3 Å². The maximum absolute atomic E-state index is 11.7. The van der Waals surface area contributed by atoms with Gasteiger partial charge in [0.25, 0.3) is 0 Å². The molecule has 1 aromatic heterocycles. The molecule has 1 saturated heterocycles. The molecule has 0 amide bonds. The average Bonchev–Trinajstić information content (AvgIpc) is 2.94. The van der Waals surface area contributed by atoms with Crippen molar-refractivity contribution in [3.63, 3.8) is 0 Å². The number of carbonyl (C=O) groups excluding carboxylic acids is 2. The van der Waals surface area contributed by atoms with E-state index in [1.54, 1.807) is 13.1 Å². The minimum Gasteiger partial charge on any atom is -0.481 e. The number of aromatic carboxylic acids is 1. The van der Waals surface area contributed by atoms with Crippen molar-refractivity contribution >= 4 is 23.9 Å². The first-order valence-electron chi connectivity index (χ1n) is 8.73. The Morgan fingerprint density at radius 2 is 1.97 bits per heavy atom. The first-order valence-corrected chi connectivity index (χ1v) is 8.73. The monoisotopic (exact) mass is 412 g/mol. The second-order valence-electron chi connectivity index (χ2n) is 6.59. The fourth-order valence-electron chi connectivity index (χ4n) is 2.93. The van der Waals surface area contributed by atoms with Crippen molar-refractivity contribution in [1.82, 2.24) is 0 Å². The van der Waals surface area contributed by atoms with Crippen LogP contribution in [0.5, 0.6) is 0 Å². The molecule has 0 spiro atoms. The number of hydrogen-bond acceptors (Lipinski definition) is 8. The summed E-state index contributed by atoms with van der Waals surface area (Å²) in [5.41, 5.74) is -0.00278. The van der Waals surface area contributed by atoms with E-state index in [2.05, 4.69) is 0 Å². The third-order valence-electron chi connectivity index (χ3n) is 4.39. The minimum absolute atomic E-state index is 0.00278. The molecule has 1 aliphatic heterocycles. The zero-order valence-electron chi connectivity index (χ0n) is 15.8. The number of ether oxygens (including phenoxy) is 3. The lowest BCUT2D eigenvalue weighted by Gasteiger charge is -2.18. The molecular formula is C18H22NO10+. The summed E-state index contributed by atoms with van der Waals surface area (Å²) in [4.78, 5) is 45.0. The van der Waals surface area contributed by atoms with Crippen LogP contribution in [0, 0.1) is 5.92 Å². The number of carboxylic acid groups (broad SMARTS) is 2. The van der Waals surface area contributed by atoms with Crippen LogP contribution in [0.2, 0.25) is 0 Å². The highest BCUT2D eigenvalue weighted by molar-refractivity contribution is 5.86. The van der Waals surface area contributed by atoms with Crippen molar-refractivity contribution in [1.29, 1.82) is 0 Å². The summed E-state index contributed by atoms with van der Waals surface area (Å²) in [6, 6.07) is 2.89. The van der Waals surface area contributed by atoms with Crippen LogP contribution in [0.25, 0.3) is 0 Å². The van der Waals surface area contributed by atoms with E-state index in [-0.39, 0.29) is 12.2 Å². The van der Waals surface area contributed by atoms with Gasteiger partial charge in [0.15, 0.2) is 24.6 Å². The number of nitrogens with zero attached hydrogens (tertiary/aromatic N) is 1. The molecule has 158 valence electrons. The predicted molar refractivity (Wildman–Crippen MR) is 91.4 cm³/mol. The van der Waals surface area contributed by atoms with E-state index in [1.807, 2.05) is 0 Å². The lowest BCUT2D eigenvalue weighted by molar-refractivity contribution is -0.765. The van der Waals surface area contributed by atoms with Gasteiger partial charge in [-0.1, -0.05) is 6.92 Å². The summed E-state index contributed by atoms with van der Waals surface area (Å²) >= 11 is 0. The van der Waals surface area contributed by atoms with Crippen LogP contribution < -0.4 is 4.57 Å². The van der Waals surface area contributed by atoms with Gasteiger partial charge in [-0.15, -0.1) is 0 Å². The Morgan fingerprint density at radius 1 is 1.28 bits per heavy atom. The number of aromatic nitrogens is 1.